The van der Waals surface area contributed by atoms with Crippen molar-refractivity contribution in [2.24, 2.45) is 0 Å². The fourth-order valence-electron chi connectivity index (χ4n) is 4.00. The van der Waals surface area contributed by atoms with E-state index in [1.54, 1.807) is 48.5 Å². The third-order valence-electron chi connectivity index (χ3n) is 5.77. The molecule has 4 rings (SSSR count). The smallest absolute Gasteiger partial charge is 0.457 e. The second-order valence-corrected chi connectivity index (χ2v) is 8.16. The van der Waals surface area contributed by atoms with E-state index in [1.807, 2.05) is 26.0 Å². The summed E-state index contributed by atoms with van der Waals surface area (Å²) < 4.78 is 35.4. The van der Waals surface area contributed by atoms with Gasteiger partial charge in [0, 0.05) is 0 Å². The number of benzene rings is 2. The number of hydrogen-bond acceptors (Lipinski definition) is 8. The molecule has 2 aliphatic rings. The Morgan fingerprint density at radius 2 is 1.06 bits per heavy atom. The normalized spacial score (nSPS) is 24.3. The van der Waals surface area contributed by atoms with Gasteiger partial charge in [-0.25, -0.2) is 9.59 Å². The molecule has 0 radical (unpaired) electrons. The third-order valence-corrected chi connectivity index (χ3v) is 5.77. The van der Waals surface area contributed by atoms with E-state index in [4.69, 9.17) is 28.1 Å². The zero-order valence-electron chi connectivity index (χ0n) is 19.3. The fraction of sp³-hybridized carbons (Fsp3) is 0.417. The molecule has 8 nitrogen and oxygen atoms in total. The number of fused-ring (bicyclic) bond motifs is 1. The molecule has 0 spiro atoms. The van der Waals surface area contributed by atoms with Crippen molar-refractivity contribution in [3.8, 4) is 0 Å². The predicted octanol–water partition coefficient (Wildman–Crippen LogP) is 3.28. The molecule has 4 atom stereocenters. The van der Waals surface area contributed by atoms with Gasteiger partial charge in [0.25, 0.3) is 0 Å². The van der Waals surface area contributed by atoms with Gasteiger partial charge in [-0.2, -0.15) is 0 Å². The van der Waals surface area contributed by atoms with E-state index in [-0.39, 0.29) is 13.2 Å². The molecule has 2 aromatic carbocycles. The van der Waals surface area contributed by atoms with Crippen LogP contribution in [0.1, 0.15) is 34.6 Å². The lowest BCUT2D eigenvalue weighted by atomic mass is 9.77. The van der Waals surface area contributed by atoms with Gasteiger partial charge in [0.15, 0.2) is 0 Å². The lowest BCUT2D eigenvalue weighted by Gasteiger charge is -2.48. The Morgan fingerprint density at radius 1 is 0.676 bits per heavy atom. The van der Waals surface area contributed by atoms with Crippen molar-refractivity contribution < 1.29 is 37.7 Å². The Hall–Kier alpha value is -2.65. The molecule has 0 saturated carbocycles. The highest BCUT2D eigenvalue weighted by atomic mass is 16.7. The summed E-state index contributed by atoms with van der Waals surface area (Å²) in [6, 6.07) is 17.6. The summed E-state index contributed by atoms with van der Waals surface area (Å²) in [5, 5.41) is 0. The lowest BCUT2D eigenvalue weighted by Crippen LogP contribution is -2.65. The molecule has 0 unspecified atom stereocenters. The molecule has 0 amide bonds. The van der Waals surface area contributed by atoms with Crippen molar-refractivity contribution in [1.82, 2.24) is 0 Å². The number of esters is 2. The SMILES string of the molecule is CCB1O[C@H]2[C@H](OB(CC)O[C@@H]2COC(=O)c2ccccc2)[C@H](COC(=O)c2ccccc2)O1. The van der Waals surface area contributed by atoms with Crippen LogP contribution in [-0.2, 0) is 28.1 Å². The van der Waals surface area contributed by atoms with Gasteiger partial charge in [-0.15, -0.1) is 0 Å². The number of ether oxygens (including phenoxy) is 2. The van der Waals surface area contributed by atoms with Crippen molar-refractivity contribution in [3.05, 3.63) is 71.8 Å². The number of hydrogen-bond donors (Lipinski definition) is 0. The fourth-order valence-corrected chi connectivity index (χ4v) is 4.00. The zero-order chi connectivity index (χ0) is 23.9. The van der Waals surface area contributed by atoms with Crippen LogP contribution in [0.15, 0.2) is 60.7 Å². The van der Waals surface area contributed by atoms with E-state index >= 15 is 0 Å². The van der Waals surface area contributed by atoms with E-state index in [0.29, 0.717) is 23.8 Å². The van der Waals surface area contributed by atoms with Crippen LogP contribution in [-0.4, -0.2) is 63.8 Å². The van der Waals surface area contributed by atoms with E-state index in [1.165, 1.54) is 0 Å². The molecule has 2 heterocycles. The highest BCUT2D eigenvalue weighted by Gasteiger charge is 2.51. The molecule has 0 aliphatic carbocycles. The highest BCUT2D eigenvalue weighted by Crippen LogP contribution is 2.31. The Bertz CT molecular complexity index is 867. The summed E-state index contributed by atoms with van der Waals surface area (Å²) >= 11 is 0. The van der Waals surface area contributed by atoms with E-state index < -0.39 is 50.6 Å². The van der Waals surface area contributed by atoms with Gasteiger partial charge in [0.2, 0.25) is 0 Å². The van der Waals surface area contributed by atoms with Crippen LogP contribution in [0, 0.1) is 0 Å². The maximum absolute atomic E-state index is 12.5. The maximum Gasteiger partial charge on any atom is 0.457 e. The molecule has 34 heavy (non-hydrogen) atoms. The van der Waals surface area contributed by atoms with Gasteiger partial charge in [0.1, 0.15) is 25.4 Å². The minimum absolute atomic E-state index is 0.00170. The largest absolute Gasteiger partial charge is 0.459 e. The van der Waals surface area contributed by atoms with Crippen LogP contribution in [0.25, 0.3) is 0 Å². The molecular formula is C24H28B2O8. The van der Waals surface area contributed by atoms with Crippen molar-refractivity contribution in [2.45, 2.75) is 50.9 Å². The van der Waals surface area contributed by atoms with Gasteiger partial charge < -0.3 is 28.1 Å². The molecule has 2 aliphatic heterocycles. The Morgan fingerprint density at radius 3 is 1.41 bits per heavy atom. The van der Waals surface area contributed by atoms with E-state index in [0.717, 1.165) is 0 Å². The average molecular weight is 466 g/mol. The standard InChI is InChI=1S/C24H28B2O8/c1-3-25-31-19(15-29-23(27)17-11-7-5-8-12-17)22-21(33-25)20(32-26(4-2)34-22)16-30-24(28)18-13-9-6-10-14-18/h5-14,19-22H,3-4,15-16H2,1-2H3/t19-,20+,21-,22-/m1/s1. The monoisotopic (exact) mass is 466 g/mol. The van der Waals surface area contributed by atoms with Gasteiger partial charge in [-0.3, -0.25) is 0 Å². The Balaban J connectivity index is 1.45. The van der Waals surface area contributed by atoms with Crippen LogP contribution in [0.2, 0.25) is 12.6 Å². The van der Waals surface area contributed by atoms with Crippen molar-refractivity contribution >= 4 is 26.2 Å². The summed E-state index contributed by atoms with van der Waals surface area (Å²) in [7, 11) is -1.06. The number of rotatable bonds is 8. The lowest BCUT2D eigenvalue weighted by molar-refractivity contribution is -0.171. The van der Waals surface area contributed by atoms with E-state index in [2.05, 4.69) is 0 Å². The van der Waals surface area contributed by atoms with Gasteiger partial charge >= 0.3 is 26.2 Å². The topological polar surface area (TPSA) is 89.5 Å². The summed E-state index contributed by atoms with van der Waals surface area (Å²) in [5.74, 6) is -0.875. The summed E-state index contributed by atoms with van der Waals surface area (Å²) in [6.45, 7) is 3.87. The molecule has 0 N–H and O–H groups in total. The van der Waals surface area contributed by atoms with Crippen LogP contribution >= 0.6 is 0 Å². The molecule has 178 valence electrons. The molecular weight excluding hydrogens is 438 g/mol. The quantitative estimate of drug-likeness (QED) is 0.433. The Labute approximate surface area is 200 Å². The van der Waals surface area contributed by atoms with Crippen LogP contribution in [0.4, 0.5) is 0 Å². The van der Waals surface area contributed by atoms with Crippen LogP contribution in [0.3, 0.4) is 0 Å². The van der Waals surface area contributed by atoms with Crippen molar-refractivity contribution in [3.63, 3.8) is 0 Å². The minimum atomic E-state index is -0.554. The second kappa shape index (κ2) is 11.7. The molecule has 2 aromatic rings. The minimum Gasteiger partial charge on any atom is -0.459 e. The average Bonchev–Trinajstić information content (AvgIpc) is 2.90. The highest BCUT2D eigenvalue weighted by molar-refractivity contribution is 6.45. The first-order valence-corrected chi connectivity index (χ1v) is 11.6. The molecule has 0 aromatic heterocycles. The molecule has 0 bridgehead atoms. The van der Waals surface area contributed by atoms with Gasteiger partial charge in [-0.1, -0.05) is 50.2 Å². The first-order chi connectivity index (χ1) is 16.6. The van der Waals surface area contributed by atoms with E-state index in [9.17, 15) is 9.59 Å². The van der Waals surface area contributed by atoms with Crippen molar-refractivity contribution in [1.29, 1.82) is 0 Å². The number of carbonyl (C=O) groups is 2. The Kier molecular flexibility index (Phi) is 8.39. The zero-order valence-corrected chi connectivity index (χ0v) is 19.3. The molecule has 2 saturated heterocycles. The third kappa shape index (κ3) is 5.88. The first kappa shape index (κ1) is 24.5. The second-order valence-electron chi connectivity index (χ2n) is 8.16. The summed E-state index contributed by atoms with van der Waals surface area (Å²) in [4.78, 5) is 24.9. The van der Waals surface area contributed by atoms with Gasteiger partial charge in [0.05, 0.1) is 23.3 Å². The number of carbonyl (C=O) groups excluding carboxylic acids is 2. The molecule has 10 heteroatoms. The summed E-state index contributed by atoms with van der Waals surface area (Å²) in [5.41, 5.74) is 0.923. The first-order valence-electron chi connectivity index (χ1n) is 11.6. The molecule has 2 fully saturated rings. The van der Waals surface area contributed by atoms with Crippen LogP contribution in [0.5, 0.6) is 0 Å². The summed E-state index contributed by atoms with van der Waals surface area (Å²) in [6.07, 6.45) is -1.04. The predicted molar refractivity (Wildman–Crippen MR) is 125 cm³/mol. The van der Waals surface area contributed by atoms with Crippen molar-refractivity contribution in [2.75, 3.05) is 13.2 Å². The maximum atomic E-state index is 12.5. The van der Waals surface area contributed by atoms with Crippen LogP contribution < -0.4 is 0 Å². The van der Waals surface area contributed by atoms with Gasteiger partial charge in [-0.05, 0) is 36.9 Å².